The highest BCUT2D eigenvalue weighted by atomic mass is 16.5. The number of hydrogen-bond acceptors (Lipinski definition) is 2. The van der Waals surface area contributed by atoms with Gasteiger partial charge < -0.3 is 9.84 Å². The second-order valence-corrected chi connectivity index (χ2v) is 5.77. The van der Waals surface area contributed by atoms with E-state index in [9.17, 15) is 5.11 Å². The molecule has 2 heteroatoms. The molecule has 2 unspecified atom stereocenters. The van der Waals surface area contributed by atoms with Crippen molar-refractivity contribution < 1.29 is 9.84 Å². The van der Waals surface area contributed by atoms with Gasteiger partial charge in [-0.3, -0.25) is 0 Å². The summed E-state index contributed by atoms with van der Waals surface area (Å²) in [6, 6.07) is 8.38. The van der Waals surface area contributed by atoms with Gasteiger partial charge in [0.2, 0.25) is 0 Å². The third-order valence-corrected chi connectivity index (χ3v) is 3.58. The lowest BCUT2D eigenvalue weighted by Gasteiger charge is -2.27. The molecule has 0 saturated carbocycles. The summed E-state index contributed by atoms with van der Waals surface area (Å²) in [5.74, 6) is 0.906. The van der Waals surface area contributed by atoms with Crippen LogP contribution in [0.25, 0.3) is 0 Å². The van der Waals surface area contributed by atoms with Gasteiger partial charge in [0, 0.05) is 12.5 Å². The Morgan fingerprint density at radius 1 is 1.39 bits per heavy atom. The molecule has 1 heterocycles. The minimum atomic E-state index is -0.377. The molecule has 1 aliphatic rings. The van der Waals surface area contributed by atoms with E-state index in [1.165, 1.54) is 5.56 Å². The standard InChI is InChI=1S/C16H24O2/c1-12(2)9-13-5-3-6-14(10-13)16(17)15-7-4-8-18-11-15/h3,5-6,10,12,15-17H,4,7-9,11H2,1-2H3. The van der Waals surface area contributed by atoms with E-state index in [1.54, 1.807) is 0 Å². The molecule has 2 nitrogen and oxygen atoms in total. The molecule has 2 atom stereocenters. The fraction of sp³-hybridized carbons (Fsp3) is 0.625. The second-order valence-electron chi connectivity index (χ2n) is 5.77. The average Bonchev–Trinajstić information content (AvgIpc) is 2.38. The topological polar surface area (TPSA) is 29.5 Å². The van der Waals surface area contributed by atoms with Crippen molar-refractivity contribution in [2.24, 2.45) is 11.8 Å². The van der Waals surface area contributed by atoms with Gasteiger partial charge in [-0.1, -0.05) is 38.1 Å². The number of aliphatic hydroxyl groups is 1. The maximum Gasteiger partial charge on any atom is 0.0840 e. The van der Waals surface area contributed by atoms with E-state index in [0.29, 0.717) is 12.5 Å². The van der Waals surface area contributed by atoms with Gasteiger partial charge in [0.15, 0.2) is 0 Å². The van der Waals surface area contributed by atoms with Gasteiger partial charge in [0.05, 0.1) is 12.7 Å². The van der Waals surface area contributed by atoms with Crippen molar-refractivity contribution >= 4 is 0 Å². The Kier molecular flexibility index (Phi) is 4.79. The number of benzene rings is 1. The molecular formula is C16H24O2. The second kappa shape index (κ2) is 6.35. The minimum absolute atomic E-state index is 0.257. The molecule has 0 spiro atoms. The first-order valence-electron chi connectivity index (χ1n) is 7.01. The van der Waals surface area contributed by atoms with Crippen molar-refractivity contribution in [2.75, 3.05) is 13.2 Å². The number of aliphatic hydroxyl groups excluding tert-OH is 1. The number of ether oxygens (including phenoxy) is 1. The van der Waals surface area contributed by atoms with Crippen LogP contribution in [0, 0.1) is 11.8 Å². The summed E-state index contributed by atoms with van der Waals surface area (Å²) in [6.45, 7) is 5.97. The van der Waals surface area contributed by atoms with E-state index in [1.807, 2.05) is 6.07 Å². The smallest absolute Gasteiger partial charge is 0.0840 e. The van der Waals surface area contributed by atoms with E-state index >= 15 is 0 Å². The normalized spacial score (nSPS) is 22.1. The van der Waals surface area contributed by atoms with Crippen LogP contribution < -0.4 is 0 Å². The highest BCUT2D eigenvalue weighted by Crippen LogP contribution is 2.29. The van der Waals surface area contributed by atoms with E-state index in [4.69, 9.17) is 4.74 Å². The third-order valence-electron chi connectivity index (χ3n) is 3.58. The molecule has 1 N–H and O–H groups in total. The summed E-state index contributed by atoms with van der Waals surface area (Å²) in [6.07, 6.45) is 2.82. The summed E-state index contributed by atoms with van der Waals surface area (Å²) < 4.78 is 5.46. The van der Waals surface area contributed by atoms with Gasteiger partial charge >= 0.3 is 0 Å². The molecule has 1 saturated heterocycles. The molecule has 0 bridgehead atoms. The molecular weight excluding hydrogens is 224 g/mol. The first kappa shape index (κ1) is 13.6. The zero-order valence-corrected chi connectivity index (χ0v) is 11.4. The van der Waals surface area contributed by atoms with E-state index < -0.39 is 0 Å². The molecule has 1 aromatic rings. The number of hydrogen-bond donors (Lipinski definition) is 1. The van der Waals surface area contributed by atoms with Gasteiger partial charge in [-0.05, 0) is 36.3 Å². The Labute approximate surface area is 110 Å². The van der Waals surface area contributed by atoms with E-state index in [2.05, 4.69) is 32.0 Å². The molecule has 100 valence electrons. The quantitative estimate of drug-likeness (QED) is 0.885. The van der Waals surface area contributed by atoms with Crippen LogP contribution in [0.2, 0.25) is 0 Å². The molecule has 1 fully saturated rings. The van der Waals surface area contributed by atoms with E-state index in [0.717, 1.165) is 31.4 Å². The van der Waals surface area contributed by atoms with Gasteiger partial charge in [-0.15, -0.1) is 0 Å². The molecule has 0 radical (unpaired) electrons. The minimum Gasteiger partial charge on any atom is -0.388 e. The lowest BCUT2D eigenvalue weighted by Crippen LogP contribution is -2.23. The lowest BCUT2D eigenvalue weighted by molar-refractivity contribution is -0.00999. The van der Waals surface area contributed by atoms with Gasteiger partial charge in [-0.2, -0.15) is 0 Å². The van der Waals surface area contributed by atoms with Crippen molar-refractivity contribution in [3.63, 3.8) is 0 Å². The molecule has 2 rings (SSSR count). The summed E-state index contributed by atoms with van der Waals surface area (Å²) in [4.78, 5) is 0. The fourth-order valence-electron chi connectivity index (χ4n) is 2.66. The molecule has 18 heavy (non-hydrogen) atoms. The molecule has 0 aliphatic carbocycles. The Morgan fingerprint density at radius 3 is 2.89 bits per heavy atom. The Morgan fingerprint density at radius 2 is 2.22 bits per heavy atom. The zero-order chi connectivity index (χ0) is 13.0. The largest absolute Gasteiger partial charge is 0.388 e. The highest BCUT2D eigenvalue weighted by Gasteiger charge is 2.23. The summed E-state index contributed by atoms with van der Waals surface area (Å²) in [5.41, 5.74) is 2.36. The average molecular weight is 248 g/mol. The molecule has 0 amide bonds. The number of rotatable bonds is 4. The van der Waals surface area contributed by atoms with Crippen LogP contribution in [-0.4, -0.2) is 18.3 Å². The predicted molar refractivity (Wildman–Crippen MR) is 73.5 cm³/mol. The third kappa shape index (κ3) is 3.56. The Balaban J connectivity index is 2.06. The van der Waals surface area contributed by atoms with Crippen LogP contribution in [0.5, 0.6) is 0 Å². The molecule has 1 aliphatic heterocycles. The summed E-state index contributed by atoms with van der Waals surface area (Å²) >= 11 is 0. The van der Waals surface area contributed by atoms with Crippen LogP contribution >= 0.6 is 0 Å². The highest BCUT2D eigenvalue weighted by molar-refractivity contribution is 5.26. The van der Waals surface area contributed by atoms with Crippen LogP contribution in [0.15, 0.2) is 24.3 Å². The predicted octanol–water partition coefficient (Wildman–Crippen LogP) is 3.35. The Bertz CT molecular complexity index is 367. The van der Waals surface area contributed by atoms with Crippen LogP contribution in [0.4, 0.5) is 0 Å². The Hall–Kier alpha value is -0.860. The van der Waals surface area contributed by atoms with Crippen molar-refractivity contribution in [1.29, 1.82) is 0 Å². The van der Waals surface area contributed by atoms with E-state index in [-0.39, 0.29) is 12.0 Å². The maximum absolute atomic E-state index is 10.4. The van der Waals surface area contributed by atoms with Crippen LogP contribution in [0.3, 0.4) is 0 Å². The zero-order valence-electron chi connectivity index (χ0n) is 11.4. The first-order valence-corrected chi connectivity index (χ1v) is 7.01. The lowest BCUT2D eigenvalue weighted by atomic mass is 9.89. The van der Waals surface area contributed by atoms with Crippen molar-refractivity contribution in [3.8, 4) is 0 Å². The van der Waals surface area contributed by atoms with Crippen molar-refractivity contribution in [2.45, 2.75) is 39.2 Å². The van der Waals surface area contributed by atoms with Gasteiger partial charge in [0.25, 0.3) is 0 Å². The van der Waals surface area contributed by atoms with Crippen LogP contribution in [0.1, 0.15) is 43.9 Å². The van der Waals surface area contributed by atoms with Crippen molar-refractivity contribution in [3.05, 3.63) is 35.4 Å². The fourth-order valence-corrected chi connectivity index (χ4v) is 2.66. The SMILES string of the molecule is CC(C)Cc1cccc(C(O)C2CCCOC2)c1. The van der Waals surface area contributed by atoms with Gasteiger partial charge in [0.1, 0.15) is 0 Å². The van der Waals surface area contributed by atoms with Gasteiger partial charge in [-0.25, -0.2) is 0 Å². The monoisotopic (exact) mass is 248 g/mol. The molecule has 1 aromatic carbocycles. The summed E-state index contributed by atoms with van der Waals surface area (Å²) in [7, 11) is 0. The first-order chi connectivity index (χ1) is 8.66. The molecule has 0 aromatic heterocycles. The maximum atomic E-state index is 10.4. The van der Waals surface area contributed by atoms with Crippen LogP contribution in [-0.2, 0) is 11.2 Å². The summed E-state index contributed by atoms with van der Waals surface area (Å²) in [5, 5.41) is 10.4. The van der Waals surface area contributed by atoms with Crippen molar-refractivity contribution in [1.82, 2.24) is 0 Å².